The quantitative estimate of drug-likeness (QED) is 0.693. The van der Waals surface area contributed by atoms with Crippen LogP contribution in [0, 0.1) is 0 Å². The molecule has 0 aliphatic carbocycles. The molecular formula is C18H19N5O3. The van der Waals surface area contributed by atoms with Crippen molar-refractivity contribution < 1.29 is 14.2 Å². The molecule has 26 heavy (non-hydrogen) atoms. The van der Waals surface area contributed by atoms with Crippen molar-refractivity contribution in [2.24, 2.45) is 0 Å². The molecule has 1 aromatic carbocycles. The molecular weight excluding hydrogens is 334 g/mol. The van der Waals surface area contributed by atoms with Gasteiger partial charge >= 0.3 is 0 Å². The monoisotopic (exact) mass is 353 g/mol. The van der Waals surface area contributed by atoms with Crippen LogP contribution >= 0.6 is 0 Å². The normalized spacial score (nSPS) is 10.4. The number of nitrogens with zero attached hydrogens (tertiary/aromatic N) is 3. The predicted molar refractivity (Wildman–Crippen MR) is 98.0 cm³/mol. The van der Waals surface area contributed by atoms with E-state index in [2.05, 4.69) is 15.0 Å². The summed E-state index contributed by atoms with van der Waals surface area (Å²) >= 11 is 0. The van der Waals surface area contributed by atoms with E-state index in [1.54, 1.807) is 26.6 Å². The first-order valence-electron chi connectivity index (χ1n) is 7.79. The molecule has 0 aliphatic rings. The molecule has 8 nitrogen and oxygen atoms in total. The number of rotatable bonds is 6. The van der Waals surface area contributed by atoms with Crippen molar-refractivity contribution in [3.8, 4) is 28.5 Å². The van der Waals surface area contributed by atoms with Gasteiger partial charge in [0.2, 0.25) is 11.8 Å². The number of hydrogen-bond donors (Lipinski definition) is 2. The van der Waals surface area contributed by atoms with Gasteiger partial charge in [0.15, 0.2) is 0 Å². The van der Waals surface area contributed by atoms with Crippen molar-refractivity contribution in [1.82, 2.24) is 15.0 Å². The van der Waals surface area contributed by atoms with E-state index >= 15 is 0 Å². The van der Waals surface area contributed by atoms with E-state index in [0.717, 1.165) is 11.1 Å². The highest BCUT2D eigenvalue weighted by atomic mass is 16.5. The largest absolute Gasteiger partial charge is 0.497 e. The van der Waals surface area contributed by atoms with Crippen LogP contribution in [0.25, 0.3) is 11.1 Å². The van der Waals surface area contributed by atoms with Crippen LogP contribution in [0.2, 0.25) is 0 Å². The van der Waals surface area contributed by atoms with Crippen molar-refractivity contribution in [3.63, 3.8) is 0 Å². The fourth-order valence-corrected chi connectivity index (χ4v) is 2.43. The minimum absolute atomic E-state index is 0.122. The number of hydrogen-bond acceptors (Lipinski definition) is 8. The number of aromatic nitrogens is 3. The smallest absolute Gasteiger partial charge is 0.221 e. The van der Waals surface area contributed by atoms with E-state index in [-0.39, 0.29) is 18.4 Å². The summed E-state index contributed by atoms with van der Waals surface area (Å²) in [5, 5.41) is 0. The lowest BCUT2D eigenvalue weighted by Crippen LogP contribution is -2.06. The molecule has 0 atom stereocenters. The average Bonchev–Trinajstić information content (AvgIpc) is 2.67. The summed E-state index contributed by atoms with van der Waals surface area (Å²) in [6.45, 7) is 0.189. The van der Waals surface area contributed by atoms with Crippen LogP contribution in [0.1, 0.15) is 5.56 Å². The molecule has 8 heteroatoms. The predicted octanol–water partition coefficient (Wildman–Crippen LogP) is 2.30. The second-order valence-corrected chi connectivity index (χ2v) is 5.35. The maximum Gasteiger partial charge on any atom is 0.221 e. The Morgan fingerprint density at radius 3 is 2.58 bits per heavy atom. The third-order valence-electron chi connectivity index (χ3n) is 3.74. The lowest BCUT2D eigenvalue weighted by molar-refractivity contribution is 0.306. The van der Waals surface area contributed by atoms with Crippen molar-refractivity contribution in [1.29, 1.82) is 0 Å². The van der Waals surface area contributed by atoms with E-state index in [0.29, 0.717) is 22.9 Å². The summed E-state index contributed by atoms with van der Waals surface area (Å²) in [4.78, 5) is 12.1. The second kappa shape index (κ2) is 7.56. The summed E-state index contributed by atoms with van der Waals surface area (Å²) in [6, 6.07) is 9.21. The maximum absolute atomic E-state index is 5.96. The highest BCUT2D eigenvalue weighted by molar-refractivity contribution is 5.75. The molecule has 0 spiro atoms. The molecule has 0 fully saturated rings. The van der Waals surface area contributed by atoms with Gasteiger partial charge in [0.1, 0.15) is 23.9 Å². The standard InChI is InChI=1S/C18H19N5O3/c1-24-12-5-6-15(26-10-11-9-22-18(20)23-16(11)19)14(8-12)13-4-3-7-21-17(13)25-2/h3-9H,10H2,1-2H3,(H4,19,20,22,23). The van der Waals surface area contributed by atoms with Crippen molar-refractivity contribution >= 4 is 11.8 Å². The highest BCUT2D eigenvalue weighted by Crippen LogP contribution is 2.38. The van der Waals surface area contributed by atoms with Crippen LogP contribution in [0.5, 0.6) is 17.4 Å². The Kier molecular flexibility index (Phi) is 5.02. The fraction of sp³-hybridized carbons (Fsp3) is 0.167. The maximum atomic E-state index is 5.96. The zero-order valence-corrected chi connectivity index (χ0v) is 14.5. The van der Waals surface area contributed by atoms with Crippen molar-refractivity contribution in [3.05, 3.63) is 48.3 Å². The van der Waals surface area contributed by atoms with Crippen LogP contribution < -0.4 is 25.7 Å². The Morgan fingerprint density at radius 1 is 1.00 bits per heavy atom. The minimum Gasteiger partial charge on any atom is -0.497 e. The van der Waals surface area contributed by atoms with E-state index in [1.807, 2.05) is 30.3 Å². The number of pyridine rings is 1. The number of anilines is 2. The van der Waals surface area contributed by atoms with E-state index < -0.39 is 0 Å². The summed E-state index contributed by atoms with van der Waals surface area (Å²) < 4.78 is 16.6. The molecule has 4 N–H and O–H groups in total. The van der Waals surface area contributed by atoms with Gasteiger partial charge in [0.25, 0.3) is 0 Å². The molecule has 0 unspecified atom stereocenters. The van der Waals surface area contributed by atoms with Gasteiger partial charge in [-0.2, -0.15) is 4.98 Å². The summed E-state index contributed by atoms with van der Waals surface area (Å²) in [7, 11) is 3.17. The molecule has 2 aromatic heterocycles. The van der Waals surface area contributed by atoms with Crippen LogP contribution in [-0.2, 0) is 6.61 Å². The van der Waals surface area contributed by atoms with Gasteiger partial charge < -0.3 is 25.7 Å². The average molecular weight is 353 g/mol. The Morgan fingerprint density at radius 2 is 1.85 bits per heavy atom. The lowest BCUT2D eigenvalue weighted by atomic mass is 10.1. The highest BCUT2D eigenvalue weighted by Gasteiger charge is 2.14. The molecule has 0 amide bonds. The van der Waals surface area contributed by atoms with Gasteiger partial charge in [-0.1, -0.05) is 0 Å². The number of benzene rings is 1. The minimum atomic E-state index is 0.122. The van der Waals surface area contributed by atoms with E-state index in [4.69, 9.17) is 25.7 Å². The first-order chi connectivity index (χ1) is 12.6. The molecule has 2 heterocycles. The molecule has 0 saturated carbocycles. The first kappa shape index (κ1) is 17.3. The van der Waals surface area contributed by atoms with E-state index in [1.165, 1.54) is 0 Å². The molecule has 134 valence electrons. The Balaban J connectivity index is 1.96. The van der Waals surface area contributed by atoms with Gasteiger partial charge in [0, 0.05) is 23.5 Å². The van der Waals surface area contributed by atoms with Crippen LogP contribution in [0.15, 0.2) is 42.7 Å². The number of methoxy groups -OCH3 is 2. The third kappa shape index (κ3) is 3.59. The topological polar surface area (TPSA) is 118 Å². The van der Waals surface area contributed by atoms with Crippen molar-refractivity contribution in [2.75, 3.05) is 25.7 Å². The van der Waals surface area contributed by atoms with Gasteiger partial charge in [-0.15, -0.1) is 0 Å². The zero-order chi connectivity index (χ0) is 18.5. The van der Waals surface area contributed by atoms with Gasteiger partial charge in [-0.25, -0.2) is 9.97 Å². The van der Waals surface area contributed by atoms with Crippen LogP contribution in [0.3, 0.4) is 0 Å². The molecule has 0 saturated heterocycles. The Labute approximate surface area is 150 Å². The van der Waals surface area contributed by atoms with Gasteiger partial charge in [-0.05, 0) is 30.3 Å². The van der Waals surface area contributed by atoms with Gasteiger partial charge in [-0.3, -0.25) is 0 Å². The second-order valence-electron chi connectivity index (χ2n) is 5.35. The molecule has 3 aromatic rings. The summed E-state index contributed by atoms with van der Waals surface area (Å²) in [6.07, 6.45) is 3.21. The summed E-state index contributed by atoms with van der Waals surface area (Å²) in [5.74, 6) is 2.20. The Hall–Kier alpha value is -3.55. The number of ether oxygens (including phenoxy) is 3. The number of nitrogens with two attached hydrogens (primary N) is 2. The van der Waals surface area contributed by atoms with Gasteiger partial charge in [0.05, 0.1) is 19.8 Å². The molecule has 3 rings (SSSR count). The van der Waals surface area contributed by atoms with Crippen LogP contribution in [-0.4, -0.2) is 29.2 Å². The Bertz CT molecular complexity index is 917. The van der Waals surface area contributed by atoms with Crippen LogP contribution in [0.4, 0.5) is 11.8 Å². The molecule has 0 aliphatic heterocycles. The van der Waals surface area contributed by atoms with E-state index in [9.17, 15) is 0 Å². The SMILES string of the molecule is COc1ccc(OCc2cnc(N)nc2N)c(-c2cccnc2OC)c1. The first-order valence-corrected chi connectivity index (χ1v) is 7.79. The third-order valence-corrected chi connectivity index (χ3v) is 3.74. The number of nitrogen functional groups attached to an aromatic ring is 2. The fourth-order valence-electron chi connectivity index (χ4n) is 2.43. The molecule has 0 bridgehead atoms. The summed E-state index contributed by atoms with van der Waals surface area (Å²) in [5.41, 5.74) is 13.6. The molecule has 0 radical (unpaired) electrons. The zero-order valence-electron chi connectivity index (χ0n) is 14.5. The van der Waals surface area contributed by atoms with Crippen molar-refractivity contribution in [2.45, 2.75) is 6.61 Å². The lowest BCUT2D eigenvalue weighted by Gasteiger charge is -2.15.